The van der Waals surface area contributed by atoms with Gasteiger partial charge in [0, 0.05) is 36.5 Å². The van der Waals surface area contributed by atoms with Crippen LogP contribution in [0.15, 0.2) is 36.4 Å². The van der Waals surface area contributed by atoms with Crippen molar-refractivity contribution in [1.29, 1.82) is 0 Å². The third-order valence-corrected chi connectivity index (χ3v) is 3.84. The van der Waals surface area contributed by atoms with E-state index < -0.39 is 41.1 Å². The molecule has 8 nitrogen and oxygen atoms in total. The molecule has 2 rings (SSSR count). The van der Waals surface area contributed by atoms with E-state index in [2.05, 4.69) is 10.6 Å². The van der Waals surface area contributed by atoms with E-state index in [4.69, 9.17) is 4.74 Å². The Hall–Kier alpha value is -3.56. The van der Waals surface area contributed by atoms with Crippen LogP contribution in [-0.4, -0.2) is 30.5 Å². The van der Waals surface area contributed by atoms with Crippen molar-refractivity contribution in [2.45, 2.75) is 13.0 Å². The predicted molar refractivity (Wildman–Crippen MR) is 95.8 cm³/mol. The largest absolute Gasteiger partial charge is 0.452 e. The van der Waals surface area contributed by atoms with Crippen molar-refractivity contribution in [3.05, 3.63) is 69.3 Å². The Bertz CT molecular complexity index is 920. The Kier molecular flexibility index (Phi) is 6.59. The van der Waals surface area contributed by atoms with Crippen molar-refractivity contribution in [2.24, 2.45) is 0 Å². The highest BCUT2D eigenvalue weighted by molar-refractivity contribution is 5.97. The molecule has 2 N–H and O–H groups in total. The van der Waals surface area contributed by atoms with E-state index in [-0.39, 0.29) is 22.5 Å². The quantitative estimate of drug-likeness (QED) is 0.425. The number of benzene rings is 2. The molecule has 0 aliphatic carbocycles. The zero-order chi connectivity index (χ0) is 20.8. The summed E-state index contributed by atoms with van der Waals surface area (Å²) in [6, 6.07) is 5.74. The number of nitro groups is 1. The van der Waals surface area contributed by atoms with Crippen LogP contribution in [-0.2, 0) is 9.53 Å². The van der Waals surface area contributed by atoms with Crippen LogP contribution in [0.5, 0.6) is 0 Å². The summed E-state index contributed by atoms with van der Waals surface area (Å²) >= 11 is 0. The molecule has 0 saturated carbocycles. The van der Waals surface area contributed by atoms with Gasteiger partial charge in [-0.05, 0) is 19.1 Å². The number of amides is 1. The SMILES string of the molecule is CNc1ccc([N+](=O)[O-])cc1C(=O)OCC(=O)N[C@@H](C)c1ccc(F)cc1F. The number of hydrogen-bond donors (Lipinski definition) is 2. The van der Waals surface area contributed by atoms with Gasteiger partial charge in [0.25, 0.3) is 11.6 Å². The number of ether oxygens (including phenoxy) is 1. The number of nitrogens with one attached hydrogen (secondary N) is 2. The van der Waals surface area contributed by atoms with E-state index in [0.29, 0.717) is 6.07 Å². The lowest BCUT2D eigenvalue weighted by molar-refractivity contribution is -0.384. The smallest absolute Gasteiger partial charge is 0.341 e. The van der Waals surface area contributed by atoms with Gasteiger partial charge in [0.2, 0.25) is 0 Å². The second-order valence-electron chi connectivity index (χ2n) is 5.77. The zero-order valence-electron chi connectivity index (χ0n) is 15.0. The minimum atomic E-state index is -0.941. The average molecular weight is 393 g/mol. The molecule has 0 spiro atoms. The van der Waals surface area contributed by atoms with Gasteiger partial charge in [-0.25, -0.2) is 13.6 Å². The number of rotatable bonds is 7. The van der Waals surface area contributed by atoms with Crippen molar-refractivity contribution >= 4 is 23.3 Å². The van der Waals surface area contributed by atoms with Crippen LogP contribution in [0.3, 0.4) is 0 Å². The molecule has 0 fully saturated rings. The second-order valence-corrected chi connectivity index (χ2v) is 5.77. The molecule has 0 unspecified atom stereocenters. The summed E-state index contributed by atoms with van der Waals surface area (Å²) in [5, 5.41) is 16.0. The van der Waals surface area contributed by atoms with Crippen LogP contribution < -0.4 is 10.6 Å². The molecule has 0 aliphatic rings. The average Bonchev–Trinajstić information content (AvgIpc) is 2.65. The number of halogens is 2. The second kappa shape index (κ2) is 8.89. The molecule has 10 heteroatoms. The lowest BCUT2D eigenvalue weighted by Crippen LogP contribution is -2.31. The highest BCUT2D eigenvalue weighted by Crippen LogP contribution is 2.23. The predicted octanol–water partition coefficient (Wildman–Crippen LogP) is 2.95. The van der Waals surface area contributed by atoms with Crippen LogP contribution in [0.1, 0.15) is 28.9 Å². The summed E-state index contributed by atoms with van der Waals surface area (Å²) in [6.07, 6.45) is 0. The number of carbonyl (C=O) groups is 2. The van der Waals surface area contributed by atoms with E-state index in [1.165, 1.54) is 32.2 Å². The first-order valence-electron chi connectivity index (χ1n) is 8.10. The monoisotopic (exact) mass is 393 g/mol. The fraction of sp³-hybridized carbons (Fsp3) is 0.222. The summed E-state index contributed by atoms with van der Waals surface area (Å²) in [4.78, 5) is 34.3. The van der Waals surface area contributed by atoms with Gasteiger partial charge in [0.1, 0.15) is 11.6 Å². The summed E-state index contributed by atoms with van der Waals surface area (Å²) in [6.45, 7) is 0.799. The number of hydrogen-bond acceptors (Lipinski definition) is 6. The molecule has 2 aromatic rings. The Morgan fingerprint density at radius 2 is 1.93 bits per heavy atom. The Balaban J connectivity index is 2.01. The molecular weight excluding hydrogens is 376 g/mol. The summed E-state index contributed by atoms with van der Waals surface area (Å²) < 4.78 is 31.6. The first kappa shape index (κ1) is 20.7. The Labute approximate surface area is 158 Å². The van der Waals surface area contributed by atoms with Crippen LogP contribution in [0.4, 0.5) is 20.2 Å². The van der Waals surface area contributed by atoms with E-state index >= 15 is 0 Å². The van der Waals surface area contributed by atoms with E-state index in [1.54, 1.807) is 0 Å². The van der Waals surface area contributed by atoms with Crippen molar-refractivity contribution < 1.29 is 28.0 Å². The molecule has 0 aromatic heterocycles. The van der Waals surface area contributed by atoms with Gasteiger partial charge in [-0.3, -0.25) is 14.9 Å². The number of nitrogens with zero attached hydrogens (tertiary/aromatic N) is 1. The molecule has 2 aromatic carbocycles. The van der Waals surface area contributed by atoms with Crippen LogP contribution >= 0.6 is 0 Å². The van der Waals surface area contributed by atoms with Crippen molar-refractivity contribution in [2.75, 3.05) is 19.0 Å². The minimum absolute atomic E-state index is 0.0669. The van der Waals surface area contributed by atoms with Gasteiger partial charge in [-0.2, -0.15) is 0 Å². The lowest BCUT2D eigenvalue weighted by atomic mass is 10.1. The van der Waals surface area contributed by atoms with Crippen LogP contribution in [0.25, 0.3) is 0 Å². The number of nitro benzene ring substituents is 1. The number of carbonyl (C=O) groups excluding carboxylic acids is 2. The fourth-order valence-corrected chi connectivity index (χ4v) is 2.46. The van der Waals surface area contributed by atoms with Crippen molar-refractivity contribution in [3.8, 4) is 0 Å². The molecule has 28 heavy (non-hydrogen) atoms. The third-order valence-electron chi connectivity index (χ3n) is 3.84. The summed E-state index contributed by atoms with van der Waals surface area (Å²) in [5.41, 5.74) is -0.0621. The van der Waals surface area contributed by atoms with E-state index in [0.717, 1.165) is 12.1 Å². The Morgan fingerprint density at radius 1 is 1.21 bits per heavy atom. The first-order valence-corrected chi connectivity index (χ1v) is 8.10. The molecule has 0 heterocycles. The molecule has 148 valence electrons. The molecule has 0 radical (unpaired) electrons. The number of esters is 1. The maximum Gasteiger partial charge on any atom is 0.341 e. The van der Waals surface area contributed by atoms with Gasteiger partial charge in [0.05, 0.1) is 16.5 Å². The summed E-state index contributed by atoms with van der Waals surface area (Å²) in [7, 11) is 1.52. The minimum Gasteiger partial charge on any atom is -0.452 e. The van der Waals surface area contributed by atoms with Gasteiger partial charge in [0.15, 0.2) is 6.61 Å². The fourth-order valence-electron chi connectivity index (χ4n) is 2.46. The van der Waals surface area contributed by atoms with E-state index in [1.807, 2.05) is 0 Å². The van der Waals surface area contributed by atoms with Gasteiger partial charge in [-0.15, -0.1) is 0 Å². The van der Waals surface area contributed by atoms with Gasteiger partial charge >= 0.3 is 5.97 Å². The first-order chi connectivity index (χ1) is 13.2. The van der Waals surface area contributed by atoms with Crippen molar-refractivity contribution in [1.82, 2.24) is 5.32 Å². The highest BCUT2D eigenvalue weighted by atomic mass is 19.1. The zero-order valence-corrected chi connectivity index (χ0v) is 15.0. The maximum absolute atomic E-state index is 13.7. The number of non-ortho nitro benzene ring substituents is 1. The van der Waals surface area contributed by atoms with Crippen LogP contribution in [0, 0.1) is 21.7 Å². The molecule has 0 bridgehead atoms. The summed E-state index contributed by atoms with van der Waals surface area (Å²) in [5.74, 6) is -3.23. The maximum atomic E-state index is 13.7. The van der Waals surface area contributed by atoms with Gasteiger partial charge in [-0.1, -0.05) is 6.07 Å². The lowest BCUT2D eigenvalue weighted by Gasteiger charge is -2.15. The molecule has 0 aliphatic heterocycles. The molecular formula is C18H17F2N3O5. The molecule has 1 amide bonds. The topological polar surface area (TPSA) is 111 Å². The highest BCUT2D eigenvalue weighted by Gasteiger charge is 2.20. The normalized spacial score (nSPS) is 11.4. The number of anilines is 1. The van der Waals surface area contributed by atoms with Gasteiger partial charge < -0.3 is 15.4 Å². The molecule has 0 saturated heterocycles. The standard InChI is InChI=1S/C18H17F2N3O5/c1-10(13-5-3-11(19)7-15(13)20)22-17(24)9-28-18(25)14-8-12(23(26)27)4-6-16(14)21-2/h3-8,10,21H,9H2,1-2H3,(H,22,24)/t10-/m0/s1. The van der Waals surface area contributed by atoms with Crippen molar-refractivity contribution in [3.63, 3.8) is 0 Å². The Morgan fingerprint density at radius 3 is 2.54 bits per heavy atom. The van der Waals surface area contributed by atoms with E-state index in [9.17, 15) is 28.5 Å². The third kappa shape index (κ3) is 5.00. The van der Waals surface area contributed by atoms with Crippen LogP contribution in [0.2, 0.25) is 0 Å². The molecule has 1 atom stereocenters.